The molecule has 3 rings (SSSR count). The molecule has 36 heavy (non-hydrogen) atoms. The summed E-state index contributed by atoms with van der Waals surface area (Å²) in [7, 11) is 1.73. The first kappa shape index (κ1) is 28.5. The van der Waals surface area contributed by atoms with Crippen LogP contribution in [0.15, 0.2) is 35.7 Å². The third-order valence-electron chi connectivity index (χ3n) is 7.77. The zero-order valence-electron chi connectivity index (χ0n) is 22.2. The first-order valence-corrected chi connectivity index (χ1v) is 13.8. The number of hydrogen-bond donors (Lipinski definition) is 2. The number of ether oxygens (including phenoxy) is 1. The number of rotatable bonds is 14. The molecule has 0 bridgehead atoms. The van der Waals surface area contributed by atoms with E-state index >= 15 is 0 Å². The van der Waals surface area contributed by atoms with Crippen molar-refractivity contribution in [3.63, 3.8) is 0 Å². The lowest BCUT2D eigenvalue weighted by Crippen LogP contribution is -2.34. The number of nitroso groups, excluding NO2 is 1. The van der Waals surface area contributed by atoms with E-state index in [1.54, 1.807) is 13.1 Å². The minimum atomic E-state index is -0.285. The molecule has 0 amide bonds. The van der Waals surface area contributed by atoms with Crippen LogP contribution in [0.5, 0.6) is 5.75 Å². The molecule has 0 aromatic heterocycles. The molecule has 4 unspecified atom stereocenters. The largest absolute Gasteiger partial charge is 0.493 e. The average Bonchev–Trinajstić information content (AvgIpc) is 3.61. The molecule has 1 aliphatic carbocycles. The topological polar surface area (TPSA) is 66.0 Å². The Kier molecular flexibility index (Phi) is 11.1. The van der Waals surface area contributed by atoms with E-state index in [2.05, 4.69) is 54.0 Å². The summed E-state index contributed by atoms with van der Waals surface area (Å²) in [6.07, 6.45) is 10.5. The Hall–Kier alpha value is -2.06. The number of likely N-dealkylation sites (tertiary alicyclic amines) is 1. The van der Waals surface area contributed by atoms with E-state index in [0.29, 0.717) is 29.3 Å². The second-order valence-corrected chi connectivity index (χ2v) is 11.3. The Morgan fingerprint density at radius 3 is 2.69 bits per heavy atom. The fourth-order valence-electron chi connectivity index (χ4n) is 5.57. The number of halogens is 1. The van der Waals surface area contributed by atoms with Crippen molar-refractivity contribution in [1.82, 2.24) is 15.8 Å². The van der Waals surface area contributed by atoms with Gasteiger partial charge in [0, 0.05) is 32.6 Å². The van der Waals surface area contributed by atoms with Crippen molar-refractivity contribution < 1.29 is 9.13 Å². The Morgan fingerprint density at radius 1 is 1.31 bits per heavy atom. The molecule has 1 saturated heterocycles. The van der Waals surface area contributed by atoms with Crippen LogP contribution in [0, 0.1) is 40.3 Å². The fourth-order valence-corrected chi connectivity index (χ4v) is 5.83. The zero-order chi connectivity index (χ0) is 26.1. The summed E-state index contributed by atoms with van der Waals surface area (Å²) in [6.45, 7) is 9.08. The van der Waals surface area contributed by atoms with Crippen LogP contribution < -0.4 is 15.6 Å². The first-order valence-electron chi connectivity index (χ1n) is 13.4. The number of benzene rings is 1. The van der Waals surface area contributed by atoms with Crippen molar-refractivity contribution in [2.45, 2.75) is 65.3 Å². The summed E-state index contributed by atoms with van der Waals surface area (Å²) in [6, 6.07) is 4.93. The number of thiocarbonyl (C=S) groups is 1. The van der Waals surface area contributed by atoms with E-state index in [9.17, 15) is 9.30 Å². The Balaban J connectivity index is 1.32. The van der Waals surface area contributed by atoms with Crippen molar-refractivity contribution >= 4 is 17.2 Å². The lowest BCUT2D eigenvalue weighted by Gasteiger charge is -2.31. The van der Waals surface area contributed by atoms with Crippen LogP contribution in [-0.4, -0.2) is 42.7 Å². The predicted octanol–water partition coefficient (Wildman–Crippen LogP) is 5.87. The molecule has 2 aliphatic rings. The van der Waals surface area contributed by atoms with Crippen LogP contribution in [0.1, 0.15) is 58.4 Å². The molecule has 0 spiro atoms. The van der Waals surface area contributed by atoms with Crippen molar-refractivity contribution in [3.8, 4) is 5.75 Å². The first-order chi connectivity index (χ1) is 17.3. The summed E-state index contributed by atoms with van der Waals surface area (Å²) in [5, 5.41) is 3.33. The summed E-state index contributed by atoms with van der Waals surface area (Å²) in [4.78, 5) is 14.1. The molecular formula is C28H43FN4O2S. The fraction of sp³-hybridized carbons (Fsp3) is 0.679. The van der Waals surface area contributed by atoms with Crippen LogP contribution in [0.3, 0.4) is 0 Å². The molecule has 0 radical (unpaired) electrons. The number of allylic oxidation sites excluding steroid dienone is 1. The summed E-state index contributed by atoms with van der Waals surface area (Å²) in [5.74, 6) is 3.21. The minimum Gasteiger partial charge on any atom is -0.493 e. The lowest BCUT2D eigenvalue weighted by molar-refractivity contribution is 0.214. The number of hydrogen-bond acceptors (Lipinski definition) is 6. The number of nitrogens with zero attached hydrogens (tertiary/aromatic N) is 2. The Morgan fingerprint density at radius 2 is 2.06 bits per heavy atom. The molecule has 2 fully saturated rings. The highest BCUT2D eigenvalue weighted by Gasteiger charge is 2.42. The SMILES string of the molecule is CNNC(=S)Cc1ccc(OCCC2CC2C2CCN(C=CCC(C)C(N=O)C(C)C)CC2)cc1F. The van der Waals surface area contributed by atoms with Crippen LogP contribution >= 0.6 is 12.2 Å². The van der Waals surface area contributed by atoms with Gasteiger partial charge in [0.2, 0.25) is 0 Å². The maximum atomic E-state index is 14.4. The third kappa shape index (κ3) is 8.51. The predicted molar refractivity (Wildman–Crippen MR) is 148 cm³/mol. The smallest absolute Gasteiger partial charge is 0.130 e. The number of nitrogens with one attached hydrogen (secondary N) is 2. The van der Waals surface area contributed by atoms with Crippen molar-refractivity contribution in [2.24, 2.45) is 34.8 Å². The van der Waals surface area contributed by atoms with E-state index < -0.39 is 0 Å². The van der Waals surface area contributed by atoms with Gasteiger partial charge in [0.1, 0.15) is 11.6 Å². The molecule has 4 atom stereocenters. The lowest BCUT2D eigenvalue weighted by atomic mass is 9.90. The van der Waals surface area contributed by atoms with Crippen LogP contribution in [-0.2, 0) is 6.42 Å². The molecule has 8 heteroatoms. The van der Waals surface area contributed by atoms with Gasteiger partial charge in [-0.15, -0.1) is 0 Å². The number of piperidine rings is 1. The zero-order valence-corrected chi connectivity index (χ0v) is 23.0. The van der Waals surface area contributed by atoms with Gasteiger partial charge in [0.25, 0.3) is 0 Å². The monoisotopic (exact) mass is 518 g/mol. The van der Waals surface area contributed by atoms with Gasteiger partial charge in [-0.25, -0.2) is 9.82 Å². The molecule has 1 saturated carbocycles. The molecule has 1 aliphatic heterocycles. The Labute approximate surface area is 221 Å². The van der Waals surface area contributed by atoms with E-state index in [1.165, 1.54) is 25.3 Å². The second-order valence-electron chi connectivity index (χ2n) is 10.8. The van der Waals surface area contributed by atoms with E-state index in [4.69, 9.17) is 17.0 Å². The van der Waals surface area contributed by atoms with Gasteiger partial charge in [0.05, 0.1) is 17.6 Å². The highest BCUT2D eigenvalue weighted by atomic mass is 32.1. The molecule has 2 N–H and O–H groups in total. The summed E-state index contributed by atoms with van der Waals surface area (Å²) in [5.41, 5.74) is 6.13. The third-order valence-corrected chi connectivity index (χ3v) is 8.01. The maximum Gasteiger partial charge on any atom is 0.130 e. The van der Waals surface area contributed by atoms with Gasteiger partial charge in [-0.3, -0.25) is 0 Å². The maximum absolute atomic E-state index is 14.4. The molecular weight excluding hydrogens is 475 g/mol. The average molecular weight is 519 g/mol. The molecule has 6 nitrogen and oxygen atoms in total. The minimum absolute atomic E-state index is 0.112. The van der Waals surface area contributed by atoms with Gasteiger partial charge in [0.15, 0.2) is 0 Å². The highest BCUT2D eigenvalue weighted by molar-refractivity contribution is 7.80. The van der Waals surface area contributed by atoms with Gasteiger partial charge in [-0.2, -0.15) is 4.91 Å². The highest BCUT2D eigenvalue weighted by Crippen LogP contribution is 2.49. The Bertz CT molecular complexity index is 888. The van der Waals surface area contributed by atoms with Crippen LogP contribution in [0.4, 0.5) is 4.39 Å². The second kappa shape index (κ2) is 14.0. The van der Waals surface area contributed by atoms with Gasteiger partial charge in [-0.05, 0) is 79.5 Å². The molecule has 1 aromatic rings. The van der Waals surface area contributed by atoms with E-state index in [0.717, 1.165) is 43.7 Å². The van der Waals surface area contributed by atoms with Crippen LogP contribution in [0.2, 0.25) is 0 Å². The van der Waals surface area contributed by atoms with Crippen molar-refractivity contribution in [2.75, 3.05) is 26.7 Å². The quantitative estimate of drug-likeness (QED) is 0.182. The summed E-state index contributed by atoms with van der Waals surface area (Å²) < 4.78 is 20.2. The van der Waals surface area contributed by atoms with Gasteiger partial charge < -0.3 is 15.1 Å². The summed E-state index contributed by atoms with van der Waals surface area (Å²) >= 11 is 5.16. The molecule has 200 valence electrons. The number of hydrazine groups is 1. The van der Waals surface area contributed by atoms with Gasteiger partial charge in [-0.1, -0.05) is 50.3 Å². The standard InChI is InChI=1S/C28H43FN4O2S/c1-19(2)28(32-34)20(3)6-5-12-33-13-9-21(10-14-33)25-16-22(25)11-15-35-24-8-7-23(26(29)18-24)17-27(36)31-30-4/h5,7-8,12,18-22,25,28,30H,6,9-11,13-17H2,1-4H3,(H,31,36). The normalized spacial score (nSPS) is 22.0. The van der Waals surface area contributed by atoms with Gasteiger partial charge >= 0.3 is 0 Å². The van der Waals surface area contributed by atoms with Crippen LogP contribution in [0.25, 0.3) is 0 Å². The molecule has 1 heterocycles. The van der Waals surface area contributed by atoms with Crippen molar-refractivity contribution in [1.29, 1.82) is 0 Å². The molecule has 1 aromatic carbocycles. The van der Waals surface area contributed by atoms with E-state index in [1.807, 2.05) is 6.07 Å². The van der Waals surface area contributed by atoms with E-state index in [-0.39, 0.29) is 23.7 Å². The van der Waals surface area contributed by atoms with Crippen molar-refractivity contribution in [3.05, 3.63) is 46.8 Å².